The minimum Gasteiger partial charge on any atom is -0.867 e. The van der Waals surface area contributed by atoms with Crippen LogP contribution in [0.5, 0.6) is 0 Å². The van der Waals surface area contributed by atoms with Crippen molar-refractivity contribution in [2.45, 2.75) is 73.1 Å². The molecule has 6 heteroatoms. The van der Waals surface area contributed by atoms with Gasteiger partial charge in [-0.3, -0.25) is 0 Å². The van der Waals surface area contributed by atoms with Gasteiger partial charge in [-0.25, -0.2) is 4.79 Å². The average Bonchev–Trinajstić information content (AvgIpc) is 2.58. The molecule has 1 atom stereocenters. The van der Waals surface area contributed by atoms with Crippen molar-refractivity contribution in [2.75, 3.05) is 0 Å². The molecule has 0 radical (unpaired) electrons. The van der Waals surface area contributed by atoms with Crippen LogP contribution in [-0.4, -0.2) is 28.7 Å². The van der Waals surface area contributed by atoms with Crippen molar-refractivity contribution in [3.05, 3.63) is 57.9 Å². The Morgan fingerprint density at radius 2 is 1.60 bits per heavy atom. The number of rotatable bonds is 6. The van der Waals surface area contributed by atoms with E-state index >= 15 is 0 Å². The van der Waals surface area contributed by atoms with E-state index < -0.39 is 17.5 Å². The van der Waals surface area contributed by atoms with Gasteiger partial charge in [-0.2, -0.15) is 0 Å². The van der Waals surface area contributed by atoms with Gasteiger partial charge in [0, 0.05) is 16.6 Å². The van der Waals surface area contributed by atoms with Crippen molar-refractivity contribution >= 4 is 28.1 Å². The van der Waals surface area contributed by atoms with E-state index in [1.165, 1.54) is 0 Å². The van der Waals surface area contributed by atoms with Crippen molar-refractivity contribution in [3.8, 4) is 0 Å². The predicted octanol–water partition coefficient (Wildman–Crippen LogP) is 2.89. The maximum atomic E-state index is 13.1. The Morgan fingerprint density at radius 1 is 1.10 bits per heavy atom. The van der Waals surface area contributed by atoms with Crippen LogP contribution in [0.15, 0.2) is 52.4 Å². The van der Waals surface area contributed by atoms with Crippen LogP contribution in [0.1, 0.15) is 61.0 Å². The number of carbonyl (C=O) groups is 1. The zero-order valence-electron chi connectivity index (χ0n) is 19.7. The summed E-state index contributed by atoms with van der Waals surface area (Å²) in [6, 6.07) is 9.43. The second-order valence-electron chi connectivity index (χ2n) is 8.88. The fraction of sp³-hybridized carbons (Fsp3) is 0.500. The molecule has 0 aliphatic rings. The van der Waals surface area contributed by atoms with Crippen LogP contribution < -0.4 is 24.0 Å². The maximum absolute atomic E-state index is 13.1. The van der Waals surface area contributed by atoms with Crippen molar-refractivity contribution in [2.24, 2.45) is 5.41 Å². The second kappa shape index (κ2) is 11.9. The van der Waals surface area contributed by atoms with Crippen LogP contribution >= 0.6 is 15.9 Å². The summed E-state index contributed by atoms with van der Waals surface area (Å²) in [5.41, 5.74) is 1.93. The van der Waals surface area contributed by atoms with Crippen molar-refractivity contribution in [1.82, 2.24) is 4.90 Å². The van der Waals surface area contributed by atoms with Crippen LogP contribution in [-0.2, 0) is 4.74 Å². The minimum absolute atomic E-state index is 0. The summed E-state index contributed by atoms with van der Waals surface area (Å²) in [7, 11) is 0. The van der Waals surface area contributed by atoms with Crippen LogP contribution in [0.25, 0.3) is 6.08 Å². The largest absolute Gasteiger partial charge is 1.00 e. The normalized spacial score (nSPS) is 13.8. The fourth-order valence-corrected chi connectivity index (χ4v) is 3.23. The summed E-state index contributed by atoms with van der Waals surface area (Å²) in [5, 5.41) is 13.1. The van der Waals surface area contributed by atoms with Gasteiger partial charge in [-0.15, -0.1) is 5.73 Å². The molecule has 0 N–H and O–H groups in total. The van der Waals surface area contributed by atoms with Crippen LogP contribution in [0.2, 0.25) is 0 Å². The summed E-state index contributed by atoms with van der Waals surface area (Å²) < 4.78 is 6.28. The zero-order chi connectivity index (χ0) is 22.4. The van der Waals surface area contributed by atoms with Gasteiger partial charge >= 0.3 is 25.0 Å². The Hall–Kier alpha value is -1.37. The van der Waals surface area contributed by atoms with Crippen molar-refractivity contribution in [3.63, 3.8) is 0 Å². The van der Waals surface area contributed by atoms with Gasteiger partial charge < -0.3 is 14.7 Å². The van der Waals surface area contributed by atoms with E-state index in [-0.39, 0.29) is 36.4 Å². The maximum Gasteiger partial charge on any atom is 1.00 e. The van der Waals surface area contributed by atoms with Gasteiger partial charge in [0.2, 0.25) is 0 Å². The quantitative estimate of drug-likeness (QED) is 0.365. The Bertz CT molecular complexity index is 782. The summed E-state index contributed by atoms with van der Waals surface area (Å²) in [6.45, 7) is 15.2. The number of amides is 1. The Kier molecular flexibility index (Phi) is 11.3. The summed E-state index contributed by atoms with van der Waals surface area (Å²) in [5.74, 6) is -0.424. The molecular weight excluding hydrogens is 437 g/mol. The molecule has 4 nitrogen and oxygen atoms in total. The first-order valence-corrected chi connectivity index (χ1v) is 10.7. The molecule has 30 heavy (non-hydrogen) atoms. The molecule has 1 aromatic rings. The monoisotopic (exact) mass is 469 g/mol. The SMILES string of the molecule is CC(C)N(C(=O)O[C@@](C)(C([O-])=C=CC(C)(C)C)/C(Br)=C/c1ccccc1)C(C)C.[Li+]. The average molecular weight is 470 g/mol. The molecule has 0 spiro atoms. The van der Waals surface area contributed by atoms with E-state index in [0.717, 1.165) is 5.56 Å². The number of nitrogens with zero attached hydrogens (tertiary/aromatic N) is 1. The molecule has 0 bridgehead atoms. The summed E-state index contributed by atoms with van der Waals surface area (Å²) in [6.07, 6.45) is 2.95. The molecule has 160 valence electrons. The van der Waals surface area contributed by atoms with Crippen LogP contribution in [0, 0.1) is 5.41 Å². The first kappa shape index (κ1) is 28.6. The molecule has 1 rings (SSSR count). The topological polar surface area (TPSA) is 52.6 Å². The van der Waals surface area contributed by atoms with E-state index in [2.05, 4.69) is 21.7 Å². The van der Waals surface area contributed by atoms with Crippen LogP contribution in [0.3, 0.4) is 0 Å². The molecular formula is C24H33BrLiNO3. The summed E-state index contributed by atoms with van der Waals surface area (Å²) in [4.78, 5) is 14.6. The third-order valence-electron chi connectivity index (χ3n) is 4.23. The van der Waals surface area contributed by atoms with E-state index in [9.17, 15) is 9.90 Å². The molecule has 0 unspecified atom stereocenters. The second-order valence-corrected chi connectivity index (χ2v) is 9.74. The van der Waals surface area contributed by atoms with E-state index in [4.69, 9.17) is 4.74 Å². The number of halogens is 1. The Morgan fingerprint density at radius 3 is 2.03 bits per heavy atom. The van der Waals surface area contributed by atoms with E-state index in [1.807, 2.05) is 78.8 Å². The van der Waals surface area contributed by atoms with Crippen molar-refractivity contribution < 1.29 is 33.5 Å². The standard InChI is InChI=1S/C24H34BrNO3.Li/c1-17(2)26(18(3)4)22(28)29-24(8,21(27)14-15-23(5,6)7)20(25)16-19-12-10-9-11-13-19;/h9-13,15-18,27H,1-8H3;/q;+1/p-1/b20-16-;/t14?,24-;/m1./s1. The minimum atomic E-state index is -1.53. The zero-order valence-corrected chi connectivity index (χ0v) is 21.3. The van der Waals surface area contributed by atoms with E-state index in [0.29, 0.717) is 4.48 Å². The molecule has 0 aliphatic heterocycles. The van der Waals surface area contributed by atoms with Gasteiger partial charge in [0.05, 0.1) is 0 Å². The Balaban J connectivity index is 0.00000841. The predicted molar refractivity (Wildman–Crippen MR) is 121 cm³/mol. The molecule has 0 saturated heterocycles. The van der Waals surface area contributed by atoms with E-state index in [1.54, 1.807) is 24.0 Å². The van der Waals surface area contributed by atoms with Gasteiger partial charge in [0.1, 0.15) is 0 Å². The number of benzene rings is 1. The van der Waals surface area contributed by atoms with Crippen molar-refractivity contribution in [1.29, 1.82) is 0 Å². The third kappa shape index (κ3) is 8.40. The Labute approximate surface area is 202 Å². The number of hydrogen-bond donors (Lipinski definition) is 0. The third-order valence-corrected chi connectivity index (χ3v) is 5.22. The smallest absolute Gasteiger partial charge is 0.867 e. The van der Waals surface area contributed by atoms with Gasteiger partial charge in [-0.05, 0) is 63.5 Å². The molecule has 0 aliphatic carbocycles. The number of ether oxygens (including phenoxy) is 1. The molecule has 0 saturated carbocycles. The summed E-state index contributed by atoms with van der Waals surface area (Å²) >= 11 is 3.50. The molecule has 1 amide bonds. The molecule has 0 fully saturated rings. The molecule has 1 aromatic carbocycles. The molecule has 0 aromatic heterocycles. The van der Waals surface area contributed by atoms with Gasteiger partial charge in [0.15, 0.2) is 5.60 Å². The molecule has 0 heterocycles. The van der Waals surface area contributed by atoms with Crippen LogP contribution in [0.4, 0.5) is 4.79 Å². The first-order valence-electron chi connectivity index (χ1n) is 9.87. The first-order chi connectivity index (χ1) is 13.3. The fourth-order valence-electron chi connectivity index (χ4n) is 2.70. The van der Waals surface area contributed by atoms with Gasteiger partial charge in [-0.1, -0.05) is 67.0 Å². The number of carbonyl (C=O) groups excluding carboxylic acids is 1. The number of hydrogen-bond acceptors (Lipinski definition) is 3. The van der Waals surface area contributed by atoms with Gasteiger partial charge in [0.25, 0.3) is 0 Å².